The Morgan fingerprint density at radius 1 is 1.41 bits per heavy atom. The lowest BCUT2D eigenvalue weighted by Gasteiger charge is -2.16. The molecule has 1 N–H and O–H groups in total. The van der Waals surface area contributed by atoms with Crippen molar-refractivity contribution >= 4 is 38.9 Å². The van der Waals surface area contributed by atoms with Gasteiger partial charge in [-0.15, -0.1) is 11.3 Å². The Kier molecular flexibility index (Phi) is 4.20. The molecule has 1 atom stereocenters. The largest absolute Gasteiger partial charge is 0.309 e. The summed E-state index contributed by atoms with van der Waals surface area (Å²) >= 11 is 10.9. The van der Waals surface area contributed by atoms with Crippen LogP contribution in [-0.4, -0.2) is 7.05 Å². The van der Waals surface area contributed by atoms with Crippen LogP contribution in [0.25, 0.3) is 0 Å². The second kappa shape index (κ2) is 5.48. The minimum Gasteiger partial charge on any atom is -0.309 e. The maximum atomic E-state index is 13.1. The van der Waals surface area contributed by atoms with Crippen molar-refractivity contribution in [2.24, 2.45) is 0 Å². The number of hydrogen-bond donors (Lipinski definition) is 1. The molecule has 0 saturated heterocycles. The zero-order valence-corrected chi connectivity index (χ0v) is 12.2. The van der Waals surface area contributed by atoms with Crippen LogP contribution in [0.4, 0.5) is 4.39 Å². The van der Waals surface area contributed by atoms with Gasteiger partial charge in [-0.25, -0.2) is 4.39 Å². The summed E-state index contributed by atoms with van der Waals surface area (Å²) in [6.45, 7) is 0. The van der Waals surface area contributed by atoms with Crippen LogP contribution in [0, 0.1) is 5.82 Å². The third-order valence-corrected chi connectivity index (χ3v) is 4.70. The van der Waals surface area contributed by atoms with Crippen molar-refractivity contribution in [2.75, 3.05) is 7.05 Å². The summed E-state index contributed by atoms with van der Waals surface area (Å²) in [5, 5.41) is 5.36. The summed E-state index contributed by atoms with van der Waals surface area (Å²) in [6, 6.07) is 6.81. The van der Waals surface area contributed by atoms with Crippen molar-refractivity contribution in [3.05, 3.63) is 55.4 Å². The van der Waals surface area contributed by atoms with Gasteiger partial charge in [0.1, 0.15) is 5.82 Å². The molecule has 1 aromatic heterocycles. The van der Waals surface area contributed by atoms with E-state index in [1.807, 2.05) is 18.5 Å². The fourth-order valence-electron chi connectivity index (χ4n) is 1.65. The first-order chi connectivity index (χ1) is 8.13. The minimum atomic E-state index is -0.393. The molecule has 0 aliphatic heterocycles. The second-order valence-electron chi connectivity index (χ2n) is 3.53. The molecule has 0 spiro atoms. The standard InChI is InChI=1S/C12H10BrClFNS/c1-16-11(12-8(13)4-5-17-12)7-2-3-10(15)9(14)6-7/h2-6,11,16H,1H3. The van der Waals surface area contributed by atoms with Crippen LogP contribution in [0.15, 0.2) is 34.1 Å². The van der Waals surface area contributed by atoms with E-state index in [9.17, 15) is 4.39 Å². The van der Waals surface area contributed by atoms with E-state index in [1.165, 1.54) is 6.07 Å². The molecule has 0 amide bonds. The van der Waals surface area contributed by atoms with E-state index < -0.39 is 5.82 Å². The van der Waals surface area contributed by atoms with Gasteiger partial charge >= 0.3 is 0 Å². The zero-order valence-electron chi connectivity index (χ0n) is 9.01. The molecule has 2 rings (SSSR count). The van der Waals surface area contributed by atoms with E-state index in [2.05, 4.69) is 21.2 Å². The van der Waals surface area contributed by atoms with Crippen LogP contribution in [-0.2, 0) is 0 Å². The molecule has 0 saturated carbocycles. The first kappa shape index (κ1) is 13.0. The Balaban J connectivity index is 2.42. The van der Waals surface area contributed by atoms with E-state index >= 15 is 0 Å². The first-order valence-electron chi connectivity index (χ1n) is 4.98. The van der Waals surface area contributed by atoms with E-state index in [4.69, 9.17) is 11.6 Å². The highest BCUT2D eigenvalue weighted by molar-refractivity contribution is 9.10. The van der Waals surface area contributed by atoms with E-state index in [-0.39, 0.29) is 11.1 Å². The number of benzene rings is 1. The minimum absolute atomic E-state index is 0.0162. The Morgan fingerprint density at radius 2 is 2.18 bits per heavy atom. The van der Waals surface area contributed by atoms with E-state index in [0.29, 0.717) is 0 Å². The van der Waals surface area contributed by atoms with Crippen molar-refractivity contribution < 1.29 is 4.39 Å². The molecule has 5 heteroatoms. The van der Waals surface area contributed by atoms with Gasteiger partial charge in [-0.05, 0) is 52.1 Å². The molecule has 1 heterocycles. The van der Waals surface area contributed by atoms with Crippen LogP contribution >= 0.6 is 38.9 Å². The fourth-order valence-corrected chi connectivity index (χ4v) is 3.58. The molecule has 0 radical (unpaired) electrons. The predicted octanol–water partition coefficient (Wildman–Crippen LogP) is 4.61. The third kappa shape index (κ3) is 2.71. The molecule has 0 bridgehead atoms. The van der Waals surface area contributed by atoms with Gasteiger partial charge in [0, 0.05) is 9.35 Å². The maximum Gasteiger partial charge on any atom is 0.141 e. The molecule has 2 aromatic rings. The van der Waals surface area contributed by atoms with Crippen molar-refractivity contribution in [1.29, 1.82) is 0 Å². The van der Waals surface area contributed by atoms with Crippen molar-refractivity contribution in [2.45, 2.75) is 6.04 Å². The number of rotatable bonds is 3. The molecule has 0 aliphatic carbocycles. The highest BCUT2D eigenvalue weighted by Crippen LogP contribution is 2.34. The summed E-state index contributed by atoms with van der Waals surface area (Å²) in [5.41, 5.74) is 0.946. The molecule has 0 aliphatic rings. The summed E-state index contributed by atoms with van der Waals surface area (Å²) in [4.78, 5) is 1.15. The summed E-state index contributed by atoms with van der Waals surface area (Å²) in [7, 11) is 1.87. The van der Waals surface area contributed by atoms with Gasteiger partial charge < -0.3 is 5.32 Å². The number of thiophene rings is 1. The number of nitrogens with one attached hydrogen (secondary N) is 1. The van der Waals surface area contributed by atoms with Crippen molar-refractivity contribution in [1.82, 2.24) is 5.32 Å². The predicted molar refractivity (Wildman–Crippen MR) is 74.3 cm³/mol. The van der Waals surface area contributed by atoms with Gasteiger partial charge in [-0.3, -0.25) is 0 Å². The lowest BCUT2D eigenvalue weighted by Crippen LogP contribution is -2.16. The lowest BCUT2D eigenvalue weighted by atomic mass is 10.1. The number of halogens is 3. The zero-order chi connectivity index (χ0) is 12.4. The van der Waals surface area contributed by atoms with Gasteiger partial charge in [0.05, 0.1) is 11.1 Å². The molecule has 90 valence electrons. The van der Waals surface area contributed by atoms with E-state index in [0.717, 1.165) is 14.9 Å². The maximum absolute atomic E-state index is 13.1. The van der Waals surface area contributed by atoms with Crippen molar-refractivity contribution in [3.63, 3.8) is 0 Å². The summed E-state index contributed by atoms with van der Waals surface area (Å²) in [5.74, 6) is -0.393. The monoisotopic (exact) mass is 333 g/mol. The van der Waals surface area contributed by atoms with Gasteiger partial charge in [0.2, 0.25) is 0 Å². The van der Waals surface area contributed by atoms with Crippen LogP contribution in [0.5, 0.6) is 0 Å². The number of hydrogen-bond acceptors (Lipinski definition) is 2. The molecule has 1 aromatic carbocycles. The highest BCUT2D eigenvalue weighted by atomic mass is 79.9. The van der Waals surface area contributed by atoms with Crippen LogP contribution in [0.3, 0.4) is 0 Å². The average molecular weight is 335 g/mol. The second-order valence-corrected chi connectivity index (χ2v) is 5.74. The molecule has 1 unspecified atom stereocenters. The van der Waals surface area contributed by atoms with Gasteiger partial charge in [-0.1, -0.05) is 17.7 Å². The summed E-state index contributed by atoms with van der Waals surface area (Å²) in [6.07, 6.45) is 0. The van der Waals surface area contributed by atoms with Crippen molar-refractivity contribution in [3.8, 4) is 0 Å². The Morgan fingerprint density at radius 3 is 2.71 bits per heavy atom. The third-order valence-electron chi connectivity index (χ3n) is 2.47. The topological polar surface area (TPSA) is 12.0 Å². The molecule has 0 fully saturated rings. The Bertz CT molecular complexity index is 529. The van der Waals surface area contributed by atoms with Crippen LogP contribution in [0.2, 0.25) is 5.02 Å². The summed E-state index contributed by atoms with van der Waals surface area (Å²) < 4.78 is 14.2. The average Bonchev–Trinajstić information content (AvgIpc) is 2.71. The molecule has 1 nitrogen and oxygen atoms in total. The quantitative estimate of drug-likeness (QED) is 0.864. The van der Waals surface area contributed by atoms with Gasteiger partial charge in [0.25, 0.3) is 0 Å². The molecular formula is C12H10BrClFNS. The van der Waals surface area contributed by atoms with Crippen LogP contribution in [0.1, 0.15) is 16.5 Å². The molecule has 17 heavy (non-hydrogen) atoms. The Hall–Kier alpha value is -0.420. The lowest BCUT2D eigenvalue weighted by molar-refractivity contribution is 0.624. The molecular weight excluding hydrogens is 325 g/mol. The van der Waals surface area contributed by atoms with E-state index in [1.54, 1.807) is 23.5 Å². The Labute approximate surface area is 117 Å². The highest BCUT2D eigenvalue weighted by Gasteiger charge is 2.17. The fraction of sp³-hybridized carbons (Fsp3) is 0.167. The van der Waals surface area contributed by atoms with Gasteiger partial charge in [0.15, 0.2) is 0 Å². The van der Waals surface area contributed by atoms with Gasteiger partial charge in [-0.2, -0.15) is 0 Å². The van der Waals surface area contributed by atoms with Crippen LogP contribution < -0.4 is 5.32 Å². The SMILES string of the molecule is CNC(c1ccc(F)c(Cl)c1)c1sccc1Br. The smallest absolute Gasteiger partial charge is 0.141 e. The normalized spacial score (nSPS) is 12.7. The first-order valence-corrected chi connectivity index (χ1v) is 7.03.